The van der Waals surface area contributed by atoms with Gasteiger partial charge in [0.05, 0.1) is 5.69 Å². The summed E-state index contributed by atoms with van der Waals surface area (Å²) in [7, 11) is 0. The number of nitrogens with one attached hydrogen (secondary N) is 2. The van der Waals surface area contributed by atoms with Crippen molar-refractivity contribution in [1.29, 1.82) is 0 Å². The molecule has 0 saturated heterocycles. The molecule has 5 heteroatoms. The first-order chi connectivity index (χ1) is 4.75. The van der Waals surface area contributed by atoms with Crippen molar-refractivity contribution >= 4 is 15.9 Å². The van der Waals surface area contributed by atoms with E-state index in [1.165, 1.54) is 0 Å². The maximum Gasteiger partial charge on any atom is 0.278 e. The van der Waals surface area contributed by atoms with Crippen molar-refractivity contribution in [3.05, 3.63) is 20.5 Å². The van der Waals surface area contributed by atoms with Crippen LogP contribution in [0.1, 0.15) is 5.69 Å². The molecule has 4 N–H and O–H groups in total. The predicted molar refractivity (Wildman–Crippen MR) is 41.9 cm³/mol. The van der Waals surface area contributed by atoms with Gasteiger partial charge < -0.3 is 10.8 Å². The van der Waals surface area contributed by atoms with Crippen LogP contribution >= 0.6 is 15.9 Å². The molecule has 0 atom stereocenters. The highest BCUT2D eigenvalue weighted by Gasteiger charge is 2.03. The lowest BCUT2D eigenvalue weighted by atomic mass is 10.3. The Morgan fingerprint density at radius 3 is 2.60 bits per heavy atom. The van der Waals surface area contributed by atoms with Crippen LogP contribution < -0.4 is 11.3 Å². The van der Waals surface area contributed by atoms with Crippen molar-refractivity contribution < 1.29 is 0 Å². The van der Waals surface area contributed by atoms with Gasteiger partial charge in [-0.2, -0.15) is 0 Å². The van der Waals surface area contributed by atoms with Gasteiger partial charge in [-0.25, -0.2) is 0 Å². The number of rotatable bonds is 2. The minimum absolute atomic E-state index is 0.136. The molecule has 0 aliphatic carbocycles. The van der Waals surface area contributed by atoms with Crippen molar-refractivity contribution in [2.75, 3.05) is 6.54 Å². The molecule has 1 aromatic rings. The largest absolute Gasteiger partial charge is 0.330 e. The topological polar surface area (TPSA) is 74.7 Å². The minimum atomic E-state index is -0.136. The van der Waals surface area contributed by atoms with Crippen LogP contribution in [0.3, 0.4) is 0 Å². The number of aromatic nitrogens is 2. The summed E-state index contributed by atoms with van der Waals surface area (Å²) in [5.41, 5.74) is 5.97. The van der Waals surface area contributed by atoms with Gasteiger partial charge in [-0.15, -0.1) is 0 Å². The van der Waals surface area contributed by atoms with Crippen LogP contribution in [-0.4, -0.2) is 16.7 Å². The summed E-state index contributed by atoms with van der Waals surface area (Å²) in [6.07, 6.45) is 0.680. The Bertz CT molecular complexity index is 264. The number of nitrogens with two attached hydrogens (primary N) is 1. The van der Waals surface area contributed by atoms with E-state index in [2.05, 4.69) is 26.1 Å². The van der Waals surface area contributed by atoms with Crippen LogP contribution in [0.2, 0.25) is 0 Å². The molecule has 0 bridgehead atoms. The van der Waals surface area contributed by atoms with E-state index in [4.69, 9.17) is 5.73 Å². The molecule has 0 aromatic carbocycles. The van der Waals surface area contributed by atoms with Gasteiger partial charge in [-0.1, -0.05) is 0 Å². The normalized spacial score (nSPS) is 10.2. The Hall–Kier alpha value is -0.550. The summed E-state index contributed by atoms with van der Waals surface area (Å²) in [6.45, 7) is 0.534. The molecule has 10 heavy (non-hydrogen) atoms. The summed E-state index contributed by atoms with van der Waals surface area (Å²) < 4.78 is 0.554. The fourth-order valence-corrected chi connectivity index (χ4v) is 1.09. The summed E-state index contributed by atoms with van der Waals surface area (Å²) in [5, 5.41) is 5.15. The van der Waals surface area contributed by atoms with Crippen molar-refractivity contribution in [2.24, 2.45) is 5.73 Å². The average molecular weight is 206 g/mol. The van der Waals surface area contributed by atoms with Gasteiger partial charge in [0.2, 0.25) is 0 Å². The van der Waals surface area contributed by atoms with E-state index in [1.54, 1.807) is 0 Å². The number of hydrogen-bond acceptors (Lipinski definition) is 2. The maximum absolute atomic E-state index is 10.7. The third-order valence-corrected chi connectivity index (χ3v) is 2.02. The monoisotopic (exact) mass is 205 g/mol. The predicted octanol–water partition coefficient (Wildman–Crippen LogP) is -0.0333. The smallest absolute Gasteiger partial charge is 0.278 e. The van der Waals surface area contributed by atoms with Gasteiger partial charge in [0, 0.05) is 6.42 Å². The molecule has 0 fully saturated rings. The van der Waals surface area contributed by atoms with Gasteiger partial charge in [-0.05, 0) is 22.5 Å². The Kier molecular flexibility index (Phi) is 2.29. The van der Waals surface area contributed by atoms with E-state index >= 15 is 0 Å². The maximum atomic E-state index is 10.7. The van der Waals surface area contributed by atoms with Crippen LogP contribution in [0.4, 0.5) is 0 Å². The zero-order chi connectivity index (χ0) is 7.56. The van der Waals surface area contributed by atoms with E-state index in [0.29, 0.717) is 17.4 Å². The third-order valence-electron chi connectivity index (χ3n) is 1.19. The van der Waals surface area contributed by atoms with Gasteiger partial charge in [0.1, 0.15) is 4.47 Å². The molecule has 4 nitrogen and oxygen atoms in total. The summed E-state index contributed by atoms with van der Waals surface area (Å²) in [5.74, 6) is 0. The van der Waals surface area contributed by atoms with Crippen molar-refractivity contribution in [3.8, 4) is 0 Å². The van der Waals surface area contributed by atoms with Crippen LogP contribution in [0, 0.1) is 0 Å². The highest BCUT2D eigenvalue weighted by atomic mass is 79.9. The summed E-state index contributed by atoms with van der Waals surface area (Å²) >= 11 is 3.12. The summed E-state index contributed by atoms with van der Waals surface area (Å²) in [4.78, 5) is 10.7. The molecule has 0 aliphatic rings. The molecule has 0 radical (unpaired) electrons. The zero-order valence-corrected chi connectivity index (χ0v) is 6.86. The van der Waals surface area contributed by atoms with Crippen LogP contribution in [-0.2, 0) is 6.42 Å². The molecule has 1 aromatic heterocycles. The first kappa shape index (κ1) is 7.56. The number of aromatic amines is 2. The van der Waals surface area contributed by atoms with Gasteiger partial charge in [-0.3, -0.25) is 9.89 Å². The van der Waals surface area contributed by atoms with Crippen LogP contribution in [0.5, 0.6) is 0 Å². The number of halogens is 1. The van der Waals surface area contributed by atoms with Crippen molar-refractivity contribution in [2.45, 2.75) is 6.42 Å². The second-order valence-corrected chi connectivity index (χ2v) is 2.70. The molecule has 1 heterocycles. The van der Waals surface area contributed by atoms with Gasteiger partial charge in [0.25, 0.3) is 5.56 Å². The Balaban J connectivity index is 2.94. The Labute approximate surface area is 65.9 Å². The van der Waals surface area contributed by atoms with Gasteiger partial charge >= 0.3 is 0 Å². The summed E-state index contributed by atoms with van der Waals surface area (Å²) in [6, 6.07) is 0. The lowest BCUT2D eigenvalue weighted by molar-refractivity contribution is 0.896. The first-order valence-corrected chi connectivity index (χ1v) is 3.70. The molecular formula is C5H8BrN3O. The molecule has 0 saturated carbocycles. The fraction of sp³-hybridized carbons (Fsp3) is 0.400. The molecule has 0 spiro atoms. The molecule has 0 aliphatic heterocycles. The highest BCUT2D eigenvalue weighted by molar-refractivity contribution is 9.10. The number of H-pyrrole nitrogens is 2. The SMILES string of the molecule is NCCc1[nH][nH]c(=O)c1Br. The van der Waals surface area contributed by atoms with Crippen LogP contribution in [0.25, 0.3) is 0 Å². The lowest BCUT2D eigenvalue weighted by Crippen LogP contribution is -2.04. The van der Waals surface area contributed by atoms with E-state index in [-0.39, 0.29) is 5.56 Å². The quantitative estimate of drug-likeness (QED) is 0.635. The third kappa shape index (κ3) is 1.30. The van der Waals surface area contributed by atoms with E-state index < -0.39 is 0 Å². The Morgan fingerprint density at radius 1 is 1.50 bits per heavy atom. The molecule has 0 amide bonds. The second kappa shape index (κ2) is 3.03. The lowest BCUT2D eigenvalue weighted by Gasteiger charge is -1.90. The fourth-order valence-electron chi connectivity index (χ4n) is 0.696. The van der Waals surface area contributed by atoms with E-state index in [9.17, 15) is 4.79 Å². The molecule has 1 rings (SSSR count). The zero-order valence-electron chi connectivity index (χ0n) is 5.28. The standard InChI is InChI=1S/C5H8BrN3O/c6-4-3(1-2-7)8-9-5(4)10/h1-2,7H2,(H2,8,9,10). The minimum Gasteiger partial charge on any atom is -0.330 e. The molecule has 0 unspecified atom stereocenters. The Morgan fingerprint density at radius 2 is 2.20 bits per heavy atom. The van der Waals surface area contributed by atoms with Crippen LogP contribution in [0.15, 0.2) is 9.27 Å². The second-order valence-electron chi connectivity index (χ2n) is 1.91. The molecule has 56 valence electrons. The average Bonchev–Trinajstić information content (AvgIpc) is 2.20. The van der Waals surface area contributed by atoms with Crippen molar-refractivity contribution in [1.82, 2.24) is 10.2 Å². The highest BCUT2D eigenvalue weighted by Crippen LogP contribution is 2.06. The molecular weight excluding hydrogens is 198 g/mol. The van der Waals surface area contributed by atoms with Gasteiger partial charge in [0.15, 0.2) is 0 Å². The van der Waals surface area contributed by atoms with E-state index in [0.717, 1.165) is 5.69 Å². The van der Waals surface area contributed by atoms with Crippen molar-refractivity contribution in [3.63, 3.8) is 0 Å². The first-order valence-electron chi connectivity index (χ1n) is 2.90. The number of hydrogen-bond donors (Lipinski definition) is 3. The van der Waals surface area contributed by atoms with E-state index in [1.807, 2.05) is 0 Å².